The summed E-state index contributed by atoms with van der Waals surface area (Å²) in [5.41, 5.74) is 10.5. The predicted octanol–water partition coefficient (Wildman–Crippen LogP) is 1.71. The van der Waals surface area contributed by atoms with Gasteiger partial charge in [-0.25, -0.2) is 4.52 Å². The molecule has 3 rings (SSSR count). The summed E-state index contributed by atoms with van der Waals surface area (Å²) in [6, 6.07) is 8.01. The van der Waals surface area contributed by atoms with E-state index < -0.39 is 0 Å². The van der Waals surface area contributed by atoms with E-state index in [0.29, 0.717) is 0 Å². The summed E-state index contributed by atoms with van der Waals surface area (Å²) < 4.78 is 1.85. The van der Waals surface area contributed by atoms with Crippen molar-refractivity contribution >= 4 is 22.4 Å². The molecule has 0 saturated carbocycles. The van der Waals surface area contributed by atoms with Crippen LogP contribution in [0, 0.1) is 6.92 Å². The number of fused-ring (bicyclic) bond motifs is 3. The van der Waals surface area contributed by atoms with Crippen LogP contribution in [0.5, 0.6) is 0 Å². The number of aromatic amines is 1. The lowest BCUT2D eigenvalue weighted by molar-refractivity contribution is 0.975. The molecule has 2 heterocycles. The third-order valence-electron chi connectivity index (χ3n) is 2.49. The highest BCUT2D eigenvalue weighted by molar-refractivity contribution is 5.84. The number of hydrogen-bond donors (Lipinski definition) is 2. The zero-order valence-electron chi connectivity index (χ0n) is 7.78. The summed E-state index contributed by atoms with van der Waals surface area (Å²) in [5, 5.41) is 4.36. The Balaban J connectivity index is 2.60. The monoisotopic (exact) mass is 186 g/mol. The molecule has 0 bridgehead atoms. The molecule has 1 aromatic carbocycles. The van der Waals surface area contributed by atoms with Crippen LogP contribution in [0.4, 0.5) is 5.69 Å². The van der Waals surface area contributed by atoms with Crippen molar-refractivity contribution in [2.45, 2.75) is 6.92 Å². The minimum Gasteiger partial charge on any atom is -0.394 e. The molecular weight excluding hydrogens is 176 g/mol. The SMILES string of the molecule is Cc1nn2c([nH]c3ccccc32)c1N. The molecule has 0 radical (unpaired) electrons. The van der Waals surface area contributed by atoms with Crippen molar-refractivity contribution in [3.05, 3.63) is 30.0 Å². The van der Waals surface area contributed by atoms with Gasteiger partial charge in [-0.1, -0.05) is 12.1 Å². The molecule has 3 aromatic rings. The number of nitrogens with two attached hydrogens (primary N) is 1. The van der Waals surface area contributed by atoms with Crippen LogP contribution in [0.15, 0.2) is 24.3 Å². The van der Waals surface area contributed by atoms with Crippen LogP contribution in [0.25, 0.3) is 16.7 Å². The number of imidazole rings is 1. The molecule has 2 aromatic heterocycles. The molecule has 0 atom stereocenters. The van der Waals surface area contributed by atoms with Gasteiger partial charge in [0.2, 0.25) is 0 Å². The number of hydrogen-bond acceptors (Lipinski definition) is 2. The summed E-state index contributed by atoms with van der Waals surface area (Å²) in [6.45, 7) is 1.91. The van der Waals surface area contributed by atoms with E-state index >= 15 is 0 Å². The van der Waals surface area contributed by atoms with Crippen LogP contribution in [0.3, 0.4) is 0 Å². The number of aryl methyl sites for hydroxylation is 1. The quantitative estimate of drug-likeness (QED) is 0.561. The molecule has 0 fully saturated rings. The summed E-state index contributed by atoms with van der Waals surface area (Å²) in [6.07, 6.45) is 0. The van der Waals surface area contributed by atoms with E-state index in [1.54, 1.807) is 0 Å². The highest BCUT2D eigenvalue weighted by Crippen LogP contribution is 2.22. The smallest absolute Gasteiger partial charge is 0.157 e. The van der Waals surface area contributed by atoms with Crippen molar-refractivity contribution < 1.29 is 0 Å². The number of H-pyrrole nitrogens is 1. The zero-order valence-corrected chi connectivity index (χ0v) is 7.78. The van der Waals surface area contributed by atoms with E-state index in [2.05, 4.69) is 10.1 Å². The molecule has 3 N–H and O–H groups in total. The Morgan fingerprint density at radius 2 is 2.14 bits per heavy atom. The first-order chi connectivity index (χ1) is 6.77. The van der Waals surface area contributed by atoms with Gasteiger partial charge in [0.05, 0.1) is 22.4 Å². The molecule has 0 saturated heterocycles. The molecule has 0 aliphatic heterocycles. The first-order valence-corrected chi connectivity index (χ1v) is 4.49. The minimum atomic E-state index is 0.723. The standard InChI is InChI=1S/C10H10N4/c1-6-9(11)10-12-7-4-2-3-5-8(7)14(10)13-6/h2-5,12H,11H2,1H3. The van der Waals surface area contributed by atoms with Gasteiger partial charge in [-0.2, -0.15) is 5.10 Å². The third kappa shape index (κ3) is 0.750. The fraction of sp³-hybridized carbons (Fsp3) is 0.100. The zero-order chi connectivity index (χ0) is 9.71. The van der Waals surface area contributed by atoms with E-state index in [9.17, 15) is 0 Å². The van der Waals surface area contributed by atoms with Gasteiger partial charge in [0.15, 0.2) is 5.65 Å². The average molecular weight is 186 g/mol. The van der Waals surface area contributed by atoms with E-state index in [4.69, 9.17) is 5.73 Å². The number of para-hydroxylation sites is 2. The highest BCUT2D eigenvalue weighted by atomic mass is 15.3. The molecular formula is C10H10N4. The maximum absolute atomic E-state index is 5.89. The molecule has 14 heavy (non-hydrogen) atoms. The van der Waals surface area contributed by atoms with Crippen molar-refractivity contribution in [1.29, 1.82) is 0 Å². The fourth-order valence-electron chi connectivity index (χ4n) is 1.73. The summed E-state index contributed by atoms with van der Waals surface area (Å²) in [5.74, 6) is 0. The lowest BCUT2D eigenvalue weighted by atomic mass is 10.3. The lowest BCUT2D eigenvalue weighted by Gasteiger charge is -1.87. The van der Waals surface area contributed by atoms with Crippen molar-refractivity contribution in [3.8, 4) is 0 Å². The molecule has 4 heteroatoms. The van der Waals surface area contributed by atoms with Crippen molar-refractivity contribution in [2.75, 3.05) is 5.73 Å². The highest BCUT2D eigenvalue weighted by Gasteiger charge is 2.10. The van der Waals surface area contributed by atoms with Gasteiger partial charge in [0, 0.05) is 0 Å². The number of nitrogen functional groups attached to an aromatic ring is 1. The van der Waals surface area contributed by atoms with E-state index in [1.165, 1.54) is 0 Å². The molecule has 0 aliphatic rings. The first-order valence-electron chi connectivity index (χ1n) is 4.49. The Morgan fingerprint density at radius 3 is 3.00 bits per heavy atom. The van der Waals surface area contributed by atoms with Gasteiger partial charge in [-0.05, 0) is 19.1 Å². The Kier molecular flexibility index (Phi) is 1.21. The second-order valence-corrected chi connectivity index (χ2v) is 3.40. The summed E-state index contributed by atoms with van der Waals surface area (Å²) >= 11 is 0. The second-order valence-electron chi connectivity index (χ2n) is 3.40. The number of anilines is 1. The van der Waals surface area contributed by atoms with Crippen molar-refractivity contribution in [1.82, 2.24) is 14.6 Å². The Labute approximate surface area is 80.3 Å². The normalized spacial score (nSPS) is 11.5. The van der Waals surface area contributed by atoms with Gasteiger partial charge in [0.25, 0.3) is 0 Å². The molecule has 0 unspecified atom stereocenters. The average Bonchev–Trinajstić information content (AvgIpc) is 2.67. The topological polar surface area (TPSA) is 59.1 Å². The van der Waals surface area contributed by atoms with Crippen LogP contribution in [-0.4, -0.2) is 14.6 Å². The maximum atomic E-state index is 5.89. The fourth-order valence-corrected chi connectivity index (χ4v) is 1.73. The van der Waals surface area contributed by atoms with Gasteiger partial charge in [-0.3, -0.25) is 0 Å². The maximum Gasteiger partial charge on any atom is 0.157 e. The van der Waals surface area contributed by atoms with Gasteiger partial charge < -0.3 is 10.7 Å². The number of aromatic nitrogens is 3. The van der Waals surface area contributed by atoms with Crippen LogP contribution < -0.4 is 5.73 Å². The Hall–Kier alpha value is -1.97. The molecule has 4 nitrogen and oxygen atoms in total. The first kappa shape index (κ1) is 7.44. The molecule has 0 spiro atoms. The third-order valence-corrected chi connectivity index (χ3v) is 2.49. The summed E-state index contributed by atoms with van der Waals surface area (Å²) in [4.78, 5) is 3.24. The number of rotatable bonds is 0. The number of nitrogens with zero attached hydrogens (tertiary/aromatic N) is 2. The molecule has 70 valence electrons. The van der Waals surface area contributed by atoms with Crippen LogP contribution in [0.1, 0.15) is 5.69 Å². The van der Waals surface area contributed by atoms with Crippen LogP contribution in [0.2, 0.25) is 0 Å². The number of benzene rings is 1. The Morgan fingerprint density at radius 1 is 1.36 bits per heavy atom. The minimum absolute atomic E-state index is 0.723. The van der Waals surface area contributed by atoms with E-state index in [-0.39, 0.29) is 0 Å². The van der Waals surface area contributed by atoms with Crippen molar-refractivity contribution in [2.24, 2.45) is 0 Å². The van der Waals surface area contributed by atoms with Gasteiger partial charge in [-0.15, -0.1) is 0 Å². The molecule has 0 amide bonds. The summed E-state index contributed by atoms with van der Waals surface area (Å²) in [7, 11) is 0. The van der Waals surface area contributed by atoms with E-state index in [0.717, 1.165) is 28.1 Å². The lowest BCUT2D eigenvalue weighted by Crippen LogP contribution is -1.85. The van der Waals surface area contributed by atoms with E-state index in [1.807, 2.05) is 35.7 Å². The van der Waals surface area contributed by atoms with Gasteiger partial charge >= 0.3 is 0 Å². The van der Waals surface area contributed by atoms with Crippen molar-refractivity contribution in [3.63, 3.8) is 0 Å². The largest absolute Gasteiger partial charge is 0.394 e. The van der Waals surface area contributed by atoms with Crippen LogP contribution in [-0.2, 0) is 0 Å². The predicted molar refractivity (Wildman–Crippen MR) is 56.2 cm³/mol. The van der Waals surface area contributed by atoms with Crippen LogP contribution >= 0.6 is 0 Å². The number of nitrogens with one attached hydrogen (secondary N) is 1. The molecule has 0 aliphatic carbocycles. The second kappa shape index (κ2) is 2.29. The Bertz CT molecular complexity index is 617. The van der Waals surface area contributed by atoms with Gasteiger partial charge in [0.1, 0.15) is 0 Å².